The Morgan fingerprint density at radius 1 is 0.576 bits per heavy atom. The van der Waals surface area contributed by atoms with E-state index < -0.39 is 23.1 Å². The molecule has 0 heterocycles. The lowest BCUT2D eigenvalue weighted by molar-refractivity contribution is -0.158. The minimum atomic E-state index is -0.537. The molecule has 180 valence electrons. The van der Waals surface area contributed by atoms with Crippen molar-refractivity contribution in [1.29, 1.82) is 0 Å². The first-order valence-electron chi connectivity index (χ1n) is 11.1. The molecule has 0 aliphatic carbocycles. The van der Waals surface area contributed by atoms with Gasteiger partial charge in [0.25, 0.3) is 0 Å². The first-order valence-corrected chi connectivity index (χ1v) is 11.1. The van der Waals surface area contributed by atoms with E-state index in [-0.39, 0.29) is 18.6 Å². The molecule has 33 heavy (non-hydrogen) atoms. The minimum absolute atomic E-state index is 0.134. The number of hydrogen-bond acceptors (Lipinski definition) is 6. The number of rotatable bonds is 8. The molecule has 0 fully saturated rings. The van der Waals surface area contributed by atoms with E-state index in [4.69, 9.17) is 18.9 Å². The van der Waals surface area contributed by atoms with Gasteiger partial charge in [0.1, 0.15) is 22.7 Å². The Balaban J connectivity index is 1.97. The predicted molar refractivity (Wildman–Crippen MR) is 128 cm³/mol. The van der Waals surface area contributed by atoms with E-state index in [0.29, 0.717) is 11.5 Å². The molecule has 2 aromatic carbocycles. The van der Waals surface area contributed by atoms with Gasteiger partial charge in [0.05, 0.1) is 0 Å². The Bertz CT molecular complexity index is 851. The Labute approximate surface area is 197 Å². The molecule has 0 unspecified atom stereocenters. The summed E-state index contributed by atoms with van der Waals surface area (Å²) < 4.78 is 21.6. The fraction of sp³-hybridized carbons (Fsp3) is 0.481. The maximum absolute atomic E-state index is 11.8. The maximum atomic E-state index is 11.8. The number of benzene rings is 2. The standard InChI is InChI=1S/C27H36O6/c1-25(2,3)32-23(28)17-30-21-13-9-19(10-14-21)27(7,8)20-11-15-22(16-12-20)31-18-24(29)33-26(4,5)6/h9-16H,17-18H2,1-8H3. The number of carbonyl (C=O) groups is 2. The molecule has 0 saturated carbocycles. The number of carbonyl (C=O) groups excluding carboxylic acids is 2. The lowest BCUT2D eigenvalue weighted by atomic mass is 9.78. The van der Waals surface area contributed by atoms with Gasteiger partial charge in [0, 0.05) is 5.41 Å². The van der Waals surface area contributed by atoms with Crippen LogP contribution >= 0.6 is 0 Å². The summed E-state index contributed by atoms with van der Waals surface area (Å²) in [5.41, 5.74) is 0.840. The van der Waals surface area contributed by atoms with Crippen LogP contribution in [0.5, 0.6) is 11.5 Å². The van der Waals surface area contributed by atoms with Crippen molar-refractivity contribution in [3.8, 4) is 11.5 Å². The Morgan fingerprint density at radius 3 is 1.15 bits per heavy atom. The molecular formula is C27H36O6. The molecule has 2 aromatic rings. The zero-order chi connectivity index (χ0) is 24.9. The van der Waals surface area contributed by atoms with E-state index in [1.807, 2.05) is 90.1 Å². The zero-order valence-electron chi connectivity index (χ0n) is 21.0. The first-order chi connectivity index (χ1) is 15.2. The van der Waals surface area contributed by atoms with E-state index in [1.54, 1.807) is 0 Å². The van der Waals surface area contributed by atoms with Gasteiger partial charge in [-0.05, 0) is 76.9 Å². The Hall–Kier alpha value is -3.02. The Kier molecular flexibility index (Phi) is 8.17. The van der Waals surface area contributed by atoms with Crippen molar-refractivity contribution in [1.82, 2.24) is 0 Å². The summed E-state index contributed by atoms with van der Waals surface area (Å²) in [6.07, 6.45) is 0. The topological polar surface area (TPSA) is 71.1 Å². The van der Waals surface area contributed by atoms with Gasteiger partial charge in [-0.25, -0.2) is 9.59 Å². The average Bonchev–Trinajstić information content (AvgIpc) is 2.69. The van der Waals surface area contributed by atoms with E-state index in [0.717, 1.165) is 11.1 Å². The summed E-state index contributed by atoms with van der Waals surface area (Å²) >= 11 is 0. The first kappa shape index (κ1) is 26.2. The van der Waals surface area contributed by atoms with Crippen LogP contribution in [0.2, 0.25) is 0 Å². The quantitative estimate of drug-likeness (QED) is 0.492. The highest BCUT2D eigenvalue weighted by Crippen LogP contribution is 2.33. The normalized spacial score (nSPS) is 12.1. The molecule has 0 aliphatic heterocycles. The van der Waals surface area contributed by atoms with Crippen LogP contribution in [0.15, 0.2) is 48.5 Å². The van der Waals surface area contributed by atoms with Crippen LogP contribution in [0.1, 0.15) is 66.5 Å². The Morgan fingerprint density at radius 2 is 0.879 bits per heavy atom. The summed E-state index contributed by atoms with van der Waals surface area (Å²) in [6, 6.07) is 15.3. The van der Waals surface area contributed by atoms with Gasteiger partial charge in [-0.15, -0.1) is 0 Å². The molecule has 0 bridgehead atoms. The average molecular weight is 457 g/mol. The second kappa shape index (κ2) is 10.3. The highest BCUT2D eigenvalue weighted by Gasteiger charge is 2.24. The molecule has 6 heteroatoms. The van der Waals surface area contributed by atoms with Crippen LogP contribution in [0.25, 0.3) is 0 Å². The number of esters is 2. The van der Waals surface area contributed by atoms with Gasteiger partial charge in [-0.2, -0.15) is 0 Å². The van der Waals surface area contributed by atoms with E-state index >= 15 is 0 Å². The van der Waals surface area contributed by atoms with Crippen molar-refractivity contribution >= 4 is 11.9 Å². The van der Waals surface area contributed by atoms with Crippen molar-refractivity contribution in [2.75, 3.05) is 13.2 Å². The lowest BCUT2D eigenvalue weighted by Crippen LogP contribution is -2.27. The molecule has 0 radical (unpaired) electrons. The van der Waals surface area contributed by atoms with Gasteiger partial charge in [-0.1, -0.05) is 38.1 Å². The highest BCUT2D eigenvalue weighted by atomic mass is 16.6. The minimum Gasteiger partial charge on any atom is -0.482 e. The molecule has 0 amide bonds. The summed E-state index contributed by atoms with van der Waals surface area (Å²) in [7, 11) is 0. The molecule has 6 nitrogen and oxygen atoms in total. The SMILES string of the molecule is CC(C)(C)OC(=O)COc1ccc(C(C)(C)c2ccc(OCC(=O)OC(C)(C)C)cc2)cc1. The maximum Gasteiger partial charge on any atom is 0.344 e. The molecular weight excluding hydrogens is 420 g/mol. The fourth-order valence-corrected chi connectivity index (χ4v) is 3.13. The van der Waals surface area contributed by atoms with Crippen molar-refractivity contribution < 1.29 is 28.5 Å². The van der Waals surface area contributed by atoms with Crippen molar-refractivity contribution in [3.63, 3.8) is 0 Å². The molecule has 0 spiro atoms. The molecule has 0 N–H and O–H groups in total. The molecule has 0 aromatic heterocycles. The largest absolute Gasteiger partial charge is 0.482 e. The van der Waals surface area contributed by atoms with Crippen LogP contribution < -0.4 is 9.47 Å². The van der Waals surface area contributed by atoms with E-state index in [1.165, 1.54) is 0 Å². The van der Waals surface area contributed by atoms with Crippen LogP contribution in [0.3, 0.4) is 0 Å². The highest BCUT2D eigenvalue weighted by molar-refractivity contribution is 5.72. The van der Waals surface area contributed by atoms with Gasteiger partial charge >= 0.3 is 11.9 Å². The molecule has 2 rings (SSSR count). The van der Waals surface area contributed by atoms with Gasteiger partial charge in [-0.3, -0.25) is 0 Å². The van der Waals surface area contributed by atoms with Gasteiger partial charge in [0.15, 0.2) is 13.2 Å². The van der Waals surface area contributed by atoms with Crippen molar-refractivity contribution in [2.45, 2.75) is 72.0 Å². The summed E-state index contributed by atoms with van der Waals surface area (Å²) in [4.78, 5) is 23.7. The fourth-order valence-electron chi connectivity index (χ4n) is 3.13. The summed E-state index contributed by atoms with van der Waals surface area (Å²) in [5, 5.41) is 0. The van der Waals surface area contributed by atoms with Crippen molar-refractivity contribution in [3.05, 3.63) is 59.7 Å². The summed E-state index contributed by atoms with van der Waals surface area (Å²) in [6.45, 7) is 14.9. The van der Waals surface area contributed by atoms with Crippen LogP contribution in [0, 0.1) is 0 Å². The van der Waals surface area contributed by atoms with Crippen LogP contribution in [-0.4, -0.2) is 36.4 Å². The van der Waals surface area contributed by atoms with Crippen LogP contribution in [0.4, 0.5) is 0 Å². The molecule has 0 aliphatic rings. The third kappa shape index (κ3) is 8.79. The summed E-state index contributed by atoms with van der Waals surface area (Å²) in [5.74, 6) is 0.402. The zero-order valence-corrected chi connectivity index (χ0v) is 21.0. The molecule has 0 saturated heterocycles. The predicted octanol–water partition coefficient (Wildman–Crippen LogP) is 5.45. The monoisotopic (exact) mass is 456 g/mol. The molecule has 0 atom stereocenters. The second-order valence-corrected chi connectivity index (χ2v) is 10.4. The van der Waals surface area contributed by atoms with Gasteiger partial charge in [0.2, 0.25) is 0 Å². The lowest BCUT2D eigenvalue weighted by Gasteiger charge is -2.26. The second-order valence-electron chi connectivity index (χ2n) is 10.4. The van der Waals surface area contributed by atoms with E-state index in [9.17, 15) is 9.59 Å². The number of hydrogen-bond donors (Lipinski definition) is 0. The van der Waals surface area contributed by atoms with E-state index in [2.05, 4.69) is 13.8 Å². The van der Waals surface area contributed by atoms with Crippen molar-refractivity contribution in [2.24, 2.45) is 0 Å². The van der Waals surface area contributed by atoms with Crippen LogP contribution in [-0.2, 0) is 24.5 Å². The smallest absolute Gasteiger partial charge is 0.344 e. The van der Waals surface area contributed by atoms with Gasteiger partial charge < -0.3 is 18.9 Å². The number of ether oxygens (including phenoxy) is 4. The third-order valence-electron chi connectivity index (χ3n) is 4.71. The third-order valence-corrected chi connectivity index (χ3v) is 4.71.